The average molecular weight is 443 g/mol. The Bertz CT molecular complexity index is 1340. The number of nitrogens with zero attached hydrogens (tertiary/aromatic N) is 3. The fourth-order valence-electron chi connectivity index (χ4n) is 5.52. The monoisotopic (exact) mass is 442 g/mol. The van der Waals surface area contributed by atoms with Gasteiger partial charge in [0, 0.05) is 42.7 Å². The summed E-state index contributed by atoms with van der Waals surface area (Å²) in [6.07, 6.45) is 10.6. The van der Waals surface area contributed by atoms with Crippen molar-refractivity contribution in [1.29, 1.82) is 0 Å². The number of nitrogens with two attached hydrogens (primary N) is 1. The predicted octanol–water partition coefficient (Wildman–Crippen LogP) is 4.75. The summed E-state index contributed by atoms with van der Waals surface area (Å²) in [6, 6.07) is 8.76. The Hall–Kier alpha value is -3.35. The smallest absolute Gasteiger partial charge is 0.216 e. The molecule has 2 aliphatic rings. The van der Waals surface area contributed by atoms with Crippen molar-refractivity contribution in [2.75, 3.05) is 12.3 Å². The van der Waals surface area contributed by atoms with Gasteiger partial charge >= 0.3 is 0 Å². The molecular formula is C26H30N6O. The number of H-pyrrole nitrogens is 1. The highest BCUT2D eigenvalue weighted by atomic mass is 16.1. The van der Waals surface area contributed by atoms with Gasteiger partial charge in [-0.25, -0.2) is 9.97 Å². The molecule has 1 aromatic carbocycles. The first kappa shape index (κ1) is 20.3. The van der Waals surface area contributed by atoms with Crippen LogP contribution in [0.5, 0.6) is 0 Å². The van der Waals surface area contributed by atoms with Crippen molar-refractivity contribution in [2.24, 2.45) is 5.92 Å². The summed E-state index contributed by atoms with van der Waals surface area (Å²) in [7, 11) is 0. The molecule has 1 amide bonds. The Morgan fingerprint density at radius 2 is 1.97 bits per heavy atom. The lowest BCUT2D eigenvalue weighted by atomic mass is 9.81. The van der Waals surface area contributed by atoms with E-state index < -0.39 is 0 Å². The minimum atomic E-state index is 0.0483. The van der Waals surface area contributed by atoms with E-state index in [0.717, 1.165) is 55.0 Å². The lowest BCUT2D eigenvalue weighted by Gasteiger charge is -2.27. The van der Waals surface area contributed by atoms with Crippen LogP contribution in [0, 0.1) is 5.92 Å². The van der Waals surface area contributed by atoms with E-state index >= 15 is 0 Å². The van der Waals surface area contributed by atoms with Gasteiger partial charge in [0.05, 0.1) is 5.69 Å². The van der Waals surface area contributed by atoms with E-state index in [9.17, 15) is 4.79 Å². The van der Waals surface area contributed by atoms with E-state index in [1.54, 1.807) is 13.1 Å². The molecular weight excluding hydrogens is 412 g/mol. The van der Waals surface area contributed by atoms with Gasteiger partial charge in [-0.2, -0.15) is 0 Å². The van der Waals surface area contributed by atoms with Gasteiger partial charge in [-0.05, 0) is 62.0 Å². The lowest BCUT2D eigenvalue weighted by Crippen LogP contribution is -2.29. The molecule has 0 aliphatic heterocycles. The highest BCUT2D eigenvalue weighted by molar-refractivity contribution is 5.93. The number of hydrogen-bond acceptors (Lipinski definition) is 4. The van der Waals surface area contributed by atoms with Crippen molar-refractivity contribution >= 4 is 28.1 Å². The van der Waals surface area contributed by atoms with Gasteiger partial charge in [-0.15, -0.1) is 0 Å². The number of para-hydroxylation sites is 1. The van der Waals surface area contributed by atoms with E-state index in [0.29, 0.717) is 23.6 Å². The number of nitrogens with one attached hydrogen (secondary N) is 2. The number of rotatable bonds is 5. The van der Waals surface area contributed by atoms with Crippen molar-refractivity contribution in [1.82, 2.24) is 24.7 Å². The largest absolute Gasteiger partial charge is 0.382 e. The van der Waals surface area contributed by atoms with E-state index in [2.05, 4.69) is 44.0 Å². The number of aromatic nitrogens is 4. The zero-order chi connectivity index (χ0) is 22.5. The van der Waals surface area contributed by atoms with Crippen LogP contribution in [-0.4, -0.2) is 31.8 Å². The quantitative estimate of drug-likeness (QED) is 0.415. The van der Waals surface area contributed by atoms with Crippen molar-refractivity contribution in [3.05, 3.63) is 48.0 Å². The molecule has 2 fully saturated rings. The maximum atomic E-state index is 11.3. The van der Waals surface area contributed by atoms with Crippen LogP contribution in [-0.2, 0) is 4.79 Å². The molecule has 3 aromatic heterocycles. The Kier molecular flexibility index (Phi) is 4.85. The van der Waals surface area contributed by atoms with Gasteiger partial charge in [0.2, 0.25) is 5.91 Å². The molecule has 2 aliphatic carbocycles. The molecule has 33 heavy (non-hydrogen) atoms. The van der Waals surface area contributed by atoms with Crippen molar-refractivity contribution in [3.63, 3.8) is 0 Å². The van der Waals surface area contributed by atoms with Crippen LogP contribution in [0.3, 0.4) is 0 Å². The molecule has 170 valence electrons. The number of nitrogen functional groups attached to an aromatic ring is 1. The summed E-state index contributed by atoms with van der Waals surface area (Å²) in [5.41, 5.74) is 11.8. The third kappa shape index (κ3) is 3.65. The van der Waals surface area contributed by atoms with Crippen molar-refractivity contribution < 1.29 is 4.79 Å². The highest BCUT2D eigenvalue weighted by Crippen LogP contribution is 2.44. The summed E-state index contributed by atoms with van der Waals surface area (Å²) in [5, 5.41) is 4.19. The lowest BCUT2D eigenvalue weighted by molar-refractivity contribution is -0.119. The molecule has 0 bridgehead atoms. The van der Waals surface area contributed by atoms with Crippen LogP contribution in [0.4, 0.5) is 5.82 Å². The molecule has 7 nitrogen and oxygen atoms in total. The van der Waals surface area contributed by atoms with Crippen molar-refractivity contribution in [3.8, 4) is 11.4 Å². The summed E-state index contributed by atoms with van der Waals surface area (Å²) < 4.78 is 2.14. The molecule has 0 atom stereocenters. The SMILES string of the molecule is CC(=O)NCC1CCC(c2nc(-c3cc4cccc(C5CC5)c4[nH]3)c3c(N)nccn23)CC1. The first-order chi connectivity index (χ1) is 16.1. The number of aromatic amines is 1. The molecule has 4 N–H and O–H groups in total. The molecule has 0 saturated heterocycles. The van der Waals surface area contributed by atoms with E-state index in [-0.39, 0.29) is 5.91 Å². The third-order valence-corrected chi connectivity index (χ3v) is 7.42. The number of fused-ring (bicyclic) bond motifs is 2. The zero-order valence-electron chi connectivity index (χ0n) is 19.0. The van der Waals surface area contributed by atoms with Crippen LogP contribution in [0.1, 0.15) is 68.7 Å². The maximum Gasteiger partial charge on any atom is 0.216 e. The average Bonchev–Trinajstić information content (AvgIpc) is 3.44. The molecule has 6 rings (SSSR count). The number of carbonyl (C=O) groups is 1. The normalized spacial score (nSPS) is 21.0. The van der Waals surface area contributed by atoms with Gasteiger partial charge in [-0.3, -0.25) is 9.20 Å². The third-order valence-electron chi connectivity index (χ3n) is 7.42. The predicted molar refractivity (Wildman–Crippen MR) is 130 cm³/mol. The summed E-state index contributed by atoms with van der Waals surface area (Å²) in [5.74, 6) is 3.20. The van der Waals surface area contributed by atoms with Crippen LogP contribution >= 0.6 is 0 Å². The summed E-state index contributed by atoms with van der Waals surface area (Å²) in [6.45, 7) is 2.35. The van der Waals surface area contributed by atoms with E-state index in [4.69, 9.17) is 10.7 Å². The second-order valence-corrected chi connectivity index (χ2v) is 9.77. The molecule has 7 heteroatoms. The standard InChI is InChI=1S/C26H30N6O/c1-15(33)29-14-16-5-7-18(8-6-16)26-31-23(24-25(27)28-11-12-32(24)26)21-13-19-3-2-4-20(17-9-10-17)22(19)30-21/h2-4,11-13,16-18,30H,5-10,14H2,1H3,(H2,27,28)(H,29,33). The minimum absolute atomic E-state index is 0.0483. The molecule has 0 unspecified atom stereocenters. The number of imidazole rings is 1. The van der Waals surface area contributed by atoms with Crippen LogP contribution in [0.25, 0.3) is 27.8 Å². The fourth-order valence-corrected chi connectivity index (χ4v) is 5.52. The fraction of sp³-hybridized carbons (Fsp3) is 0.423. The van der Waals surface area contributed by atoms with Crippen LogP contribution < -0.4 is 11.1 Å². The number of amides is 1. The molecule has 4 aromatic rings. The number of anilines is 1. The van der Waals surface area contributed by atoms with E-state index in [1.165, 1.54) is 29.3 Å². The maximum absolute atomic E-state index is 11.3. The zero-order valence-corrected chi connectivity index (χ0v) is 19.0. The van der Waals surface area contributed by atoms with E-state index in [1.807, 2.05) is 6.20 Å². The van der Waals surface area contributed by atoms with Crippen LogP contribution in [0.15, 0.2) is 36.7 Å². The summed E-state index contributed by atoms with van der Waals surface area (Å²) >= 11 is 0. The van der Waals surface area contributed by atoms with Gasteiger partial charge in [0.1, 0.15) is 22.9 Å². The van der Waals surface area contributed by atoms with Gasteiger partial charge < -0.3 is 16.0 Å². The number of carbonyl (C=O) groups excluding carboxylic acids is 1. The van der Waals surface area contributed by atoms with Gasteiger partial charge in [0.15, 0.2) is 0 Å². The van der Waals surface area contributed by atoms with Crippen molar-refractivity contribution in [2.45, 2.75) is 57.3 Å². The second-order valence-electron chi connectivity index (χ2n) is 9.77. The molecule has 0 spiro atoms. The van der Waals surface area contributed by atoms with Crippen LogP contribution in [0.2, 0.25) is 0 Å². The number of benzene rings is 1. The Labute approximate surface area is 192 Å². The minimum Gasteiger partial charge on any atom is -0.382 e. The molecule has 3 heterocycles. The molecule has 0 radical (unpaired) electrons. The molecule has 2 saturated carbocycles. The highest BCUT2D eigenvalue weighted by Gasteiger charge is 2.29. The first-order valence-corrected chi connectivity index (χ1v) is 12.1. The first-order valence-electron chi connectivity index (χ1n) is 12.1. The Morgan fingerprint density at radius 1 is 1.18 bits per heavy atom. The summed E-state index contributed by atoms with van der Waals surface area (Å²) in [4.78, 5) is 24.5. The second kappa shape index (κ2) is 7.90. The Morgan fingerprint density at radius 3 is 2.73 bits per heavy atom. The Balaban J connectivity index is 1.37. The number of hydrogen-bond donors (Lipinski definition) is 3. The topological polar surface area (TPSA) is 101 Å². The van der Waals surface area contributed by atoms with Gasteiger partial charge in [-0.1, -0.05) is 18.2 Å². The van der Waals surface area contributed by atoms with Gasteiger partial charge in [0.25, 0.3) is 0 Å².